The lowest BCUT2D eigenvalue weighted by atomic mass is 10.2. The van der Waals surface area contributed by atoms with Gasteiger partial charge in [0.2, 0.25) is 0 Å². The molecule has 19 heavy (non-hydrogen) atoms. The lowest BCUT2D eigenvalue weighted by molar-refractivity contribution is 0.632. The van der Waals surface area contributed by atoms with Crippen LogP contribution in [0.4, 0.5) is 15.8 Å². The summed E-state index contributed by atoms with van der Waals surface area (Å²) in [6.45, 7) is 0. The lowest BCUT2D eigenvalue weighted by Crippen LogP contribution is -1.97. The Morgan fingerprint density at radius 1 is 1.00 bits per heavy atom. The van der Waals surface area contributed by atoms with Gasteiger partial charge in [-0.05, 0) is 36.4 Å². The number of hydrogen-bond acceptors (Lipinski definition) is 2. The predicted molar refractivity (Wildman–Crippen MR) is 73.2 cm³/mol. The van der Waals surface area contributed by atoms with Crippen LogP contribution in [0.5, 0.6) is 0 Å². The average molecular weight is 253 g/mol. The molecule has 1 aromatic heterocycles. The van der Waals surface area contributed by atoms with Gasteiger partial charge in [0.1, 0.15) is 5.82 Å². The zero-order valence-electron chi connectivity index (χ0n) is 10.1. The molecular weight excluding hydrogens is 241 g/mol. The second kappa shape index (κ2) is 4.94. The van der Waals surface area contributed by atoms with Gasteiger partial charge in [-0.1, -0.05) is 18.2 Å². The van der Waals surface area contributed by atoms with Gasteiger partial charge in [0.25, 0.3) is 0 Å². The van der Waals surface area contributed by atoms with Gasteiger partial charge < -0.3 is 5.32 Å². The van der Waals surface area contributed by atoms with Crippen LogP contribution in [0.3, 0.4) is 0 Å². The van der Waals surface area contributed by atoms with Crippen molar-refractivity contribution >= 4 is 11.4 Å². The molecule has 3 rings (SSSR count). The van der Waals surface area contributed by atoms with E-state index < -0.39 is 0 Å². The minimum atomic E-state index is -0.271. The fourth-order valence-corrected chi connectivity index (χ4v) is 1.87. The Labute approximate surface area is 110 Å². The van der Waals surface area contributed by atoms with Gasteiger partial charge >= 0.3 is 0 Å². The SMILES string of the molecule is Fc1ccccc1Nc1cccc(-n2cccn2)c1. The van der Waals surface area contributed by atoms with Crippen molar-refractivity contribution in [2.75, 3.05) is 5.32 Å². The van der Waals surface area contributed by atoms with Gasteiger partial charge in [0.05, 0.1) is 11.4 Å². The van der Waals surface area contributed by atoms with E-state index in [-0.39, 0.29) is 5.82 Å². The van der Waals surface area contributed by atoms with Crippen molar-refractivity contribution in [3.8, 4) is 5.69 Å². The minimum Gasteiger partial charge on any atom is -0.353 e. The molecule has 3 nitrogen and oxygen atoms in total. The molecule has 1 N–H and O–H groups in total. The summed E-state index contributed by atoms with van der Waals surface area (Å²) in [7, 11) is 0. The largest absolute Gasteiger partial charge is 0.353 e. The number of hydrogen-bond donors (Lipinski definition) is 1. The van der Waals surface area contributed by atoms with Gasteiger partial charge in [-0.25, -0.2) is 9.07 Å². The first-order chi connectivity index (χ1) is 9.33. The number of nitrogens with zero attached hydrogens (tertiary/aromatic N) is 2. The zero-order chi connectivity index (χ0) is 13.1. The standard InChI is InChI=1S/C15H12FN3/c16-14-7-1-2-8-15(14)18-12-5-3-6-13(11-12)19-10-4-9-17-19/h1-11,18H. The molecule has 0 spiro atoms. The monoisotopic (exact) mass is 253 g/mol. The van der Waals surface area contributed by atoms with E-state index in [0.717, 1.165) is 11.4 Å². The second-order valence-electron chi connectivity index (χ2n) is 4.11. The molecule has 0 aliphatic carbocycles. The molecule has 0 aliphatic rings. The number of nitrogens with one attached hydrogen (secondary N) is 1. The van der Waals surface area contributed by atoms with E-state index in [4.69, 9.17) is 0 Å². The van der Waals surface area contributed by atoms with Crippen molar-refractivity contribution < 1.29 is 4.39 Å². The van der Waals surface area contributed by atoms with Crippen molar-refractivity contribution in [1.29, 1.82) is 0 Å². The number of aromatic nitrogens is 2. The van der Waals surface area contributed by atoms with Crippen LogP contribution in [0.2, 0.25) is 0 Å². The summed E-state index contributed by atoms with van der Waals surface area (Å²) in [6, 6.07) is 16.1. The molecule has 0 saturated carbocycles. The normalized spacial score (nSPS) is 10.4. The first kappa shape index (κ1) is 11.5. The van der Waals surface area contributed by atoms with Gasteiger partial charge in [-0.2, -0.15) is 5.10 Å². The van der Waals surface area contributed by atoms with Gasteiger partial charge in [-0.3, -0.25) is 0 Å². The summed E-state index contributed by atoms with van der Waals surface area (Å²) in [5.74, 6) is -0.271. The molecule has 0 fully saturated rings. The highest BCUT2D eigenvalue weighted by Gasteiger charge is 2.02. The summed E-state index contributed by atoms with van der Waals surface area (Å²) >= 11 is 0. The van der Waals surface area contributed by atoms with Crippen LogP contribution >= 0.6 is 0 Å². The van der Waals surface area contributed by atoms with E-state index in [1.807, 2.05) is 36.5 Å². The quantitative estimate of drug-likeness (QED) is 0.770. The Bertz CT molecular complexity index is 677. The van der Waals surface area contributed by atoms with E-state index in [2.05, 4.69) is 10.4 Å². The number of benzene rings is 2. The minimum absolute atomic E-state index is 0.271. The van der Waals surface area contributed by atoms with E-state index in [0.29, 0.717) is 5.69 Å². The smallest absolute Gasteiger partial charge is 0.146 e. The summed E-state index contributed by atoms with van der Waals surface area (Å²) in [6.07, 6.45) is 3.58. The van der Waals surface area contributed by atoms with Crippen LogP contribution in [-0.4, -0.2) is 9.78 Å². The molecular formula is C15H12FN3. The second-order valence-corrected chi connectivity index (χ2v) is 4.11. The van der Waals surface area contributed by atoms with Gasteiger partial charge in [-0.15, -0.1) is 0 Å². The van der Waals surface area contributed by atoms with Crippen molar-refractivity contribution in [3.63, 3.8) is 0 Å². The molecule has 2 aromatic carbocycles. The Hall–Kier alpha value is -2.62. The molecule has 0 saturated heterocycles. The first-order valence-corrected chi connectivity index (χ1v) is 5.94. The van der Waals surface area contributed by atoms with Gasteiger partial charge in [0.15, 0.2) is 0 Å². The average Bonchev–Trinajstić information content (AvgIpc) is 2.96. The van der Waals surface area contributed by atoms with E-state index in [9.17, 15) is 4.39 Å². The first-order valence-electron chi connectivity index (χ1n) is 5.94. The predicted octanol–water partition coefficient (Wildman–Crippen LogP) is 3.76. The molecule has 0 radical (unpaired) electrons. The van der Waals surface area contributed by atoms with Crippen molar-refractivity contribution in [1.82, 2.24) is 9.78 Å². The maximum Gasteiger partial charge on any atom is 0.146 e. The molecule has 94 valence electrons. The summed E-state index contributed by atoms with van der Waals surface area (Å²) < 4.78 is 15.3. The third-order valence-corrected chi connectivity index (χ3v) is 2.77. The summed E-state index contributed by atoms with van der Waals surface area (Å²) in [5.41, 5.74) is 2.20. The Morgan fingerprint density at radius 3 is 2.68 bits per heavy atom. The maximum absolute atomic E-state index is 13.6. The number of rotatable bonds is 3. The Morgan fingerprint density at radius 2 is 1.89 bits per heavy atom. The molecule has 0 bridgehead atoms. The molecule has 4 heteroatoms. The highest BCUT2D eigenvalue weighted by atomic mass is 19.1. The van der Waals surface area contributed by atoms with Crippen LogP contribution in [0.25, 0.3) is 5.69 Å². The molecule has 0 amide bonds. The number of para-hydroxylation sites is 1. The van der Waals surface area contributed by atoms with Crippen molar-refractivity contribution in [2.45, 2.75) is 0 Å². The van der Waals surface area contributed by atoms with E-state index in [1.54, 1.807) is 29.1 Å². The highest BCUT2D eigenvalue weighted by Crippen LogP contribution is 2.21. The van der Waals surface area contributed by atoms with Crippen LogP contribution in [0.1, 0.15) is 0 Å². The topological polar surface area (TPSA) is 29.9 Å². The van der Waals surface area contributed by atoms with Crippen LogP contribution in [0, 0.1) is 5.82 Å². The maximum atomic E-state index is 13.6. The van der Waals surface area contributed by atoms with Gasteiger partial charge in [0, 0.05) is 18.1 Å². The van der Waals surface area contributed by atoms with Crippen LogP contribution in [0.15, 0.2) is 67.0 Å². The van der Waals surface area contributed by atoms with E-state index in [1.165, 1.54) is 6.07 Å². The molecule has 1 heterocycles. The number of anilines is 2. The Balaban J connectivity index is 1.90. The Kier molecular flexibility index (Phi) is 2.98. The van der Waals surface area contributed by atoms with Crippen molar-refractivity contribution in [3.05, 3.63) is 72.8 Å². The summed E-state index contributed by atoms with van der Waals surface area (Å²) in [4.78, 5) is 0. The van der Waals surface area contributed by atoms with E-state index >= 15 is 0 Å². The lowest BCUT2D eigenvalue weighted by Gasteiger charge is -2.09. The third kappa shape index (κ3) is 2.47. The highest BCUT2D eigenvalue weighted by molar-refractivity contribution is 5.62. The third-order valence-electron chi connectivity index (χ3n) is 2.77. The molecule has 3 aromatic rings. The fourth-order valence-electron chi connectivity index (χ4n) is 1.87. The molecule has 0 aliphatic heterocycles. The number of halogens is 1. The molecule has 0 atom stereocenters. The van der Waals surface area contributed by atoms with Crippen LogP contribution in [-0.2, 0) is 0 Å². The van der Waals surface area contributed by atoms with Crippen molar-refractivity contribution in [2.24, 2.45) is 0 Å². The fraction of sp³-hybridized carbons (Fsp3) is 0. The molecule has 0 unspecified atom stereocenters. The van der Waals surface area contributed by atoms with Crippen LogP contribution < -0.4 is 5.32 Å². The summed E-state index contributed by atoms with van der Waals surface area (Å²) in [5, 5.41) is 7.23. The zero-order valence-corrected chi connectivity index (χ0v) is 10.1.